The molecule has 0 saturated heterocycles. The number of halogens is 3. The average molecular weight is 307 g/mol. The van der Waals surface area contributed by atoms with E-state index in [1.807, 2.05) is 5.48 Å². The predicted octanol–water partition coefficient (Wildman–Crippen LogP) is 3.63. The third-order valence-electron chi connectivity index (χ3n) is 3.12. The first-order valence-electron chi connectivity index (χ1n) is 6.56. The van der Waals surface area contributed by atoms with Crippen LogP contribution >= 0.6 is 11.3 Å². The van der Waals surface area contributed by atoms with E-state index in [1.165, 1.54) is 29.1 Å². The van der Waals surface area contributed by atoms with Gasteiger partial charge in [0.05, 0.1) is 4.88 Å². The molecule has 112 valence electrons. The highest BCUT2D eigenvalue weighted by atomic mass is 32.1. The predicted molar refractivity (Wildman–Crippen MR) is 69.7 cm³/mol. The van der Waals surface area contributed by atoms with Crippen molar-refractivity contribution in [3.63, 3.8) is 0 Å². The lowest BCUT2D eigenvalue weighted by atomic mass is 10.00. The number of nitrogens with one attached hydrogen (secondary N) is 1. The third kappa shape index (κ3) is 4.49. The van der Waals surface area contributed by atoms with Gasteiger partial charge < -0.3 is 0 Å². The minimum atomic E-state index is -4.45. The fourth-order valence-electron chi connectivity index (χ4n) is 2.19. The Hall–Kier alpha value is -1.08. The molecule has 0 atom stereocenters. The molecule has 1 amide bonds. The summed E-state index contributed by atoms with van der Waals surface area (Å²) in [4.78, 5) is 17.5. The number of thiophene rings is 1. The summed E-state index contributed by atoms with van der Waals surface area (Å²) in [7, 11) is 0. The van der Waals surface area contributed by atoms with Crippen molar-refractivity contribution in [1.82, 2.24) is 5.48 Å². The van der Waals surface area contributed by atoms with Crippen LogP contribution in [0.15, 0.2) is 6.07 Å². The van der Waals surface area contributed by atoms with Gasteiger partial charge in [0.15, 0.2) is 6.61 Å². The smallest absolute Gasteiger partial charge is 0.266 e. The number of rotatable bonds is 3. The van der Waals surface area contributed by atoms with Gasteiger partial charge in [0.2, 0.25) is 0 Å². The van der Waals surface area contributed by atoms with E-state index < -0.39 is 18.7 Å². The molecule has 20 heavy (non-hydrogen) atoms. The Morgan fingerprint density at radius 2 is 1.95 bits per heavy atom. The fraction of sp³-hybridized carbons (Fsp3) is 0.615. The van der Waals surface area contributed by atoms with Crippen LogP contribution in [0.2, 0.25) is 0 Å². The van der Waals surface area contributed by atoms with Crippen LogP contribution in [0.1, 0.15) is 45.8 Å². The van der Waals surface area contributed by atoms with Crippen molar-refractivity contribution in [2.24, 2.45) is 0 Å². The van der Waals surface area contributed by atoms with Gasteiger partial charge in [0.1, 0.15) is 0 Å². The molecule has 1 heterocycles. The molecule has 0 aliphatic heterocycles. The van der Waals surface area contributed by atoms with Crippen LogP contribution in [0.5, 0.6) is 0 Å². The summed E-state index contributed by atoms with van der Waals surface area (Å²) in [5.74, 6) is -0.606. The lowest BCUT2D eigenvalue weighted by molar-refractivity contribution is -0.184. The van der Waals surface area contributed by atoms with Crippen molar-refractivity contribution in [3.05, 3.63) is 21.4 Å². The van der Waals surface area contributed by atoms with Crippen LogP contribution in [0.3, 0.4) is 0 Å². The van der Waals surface area contributed by atoms with Crippen molar-refractivity contribution in [1.29, 1.82) is 0 Å². The van der Waals surface area contributed by atoms with Gasteiger partial charge in [-0.15, -0.1) is 11.3 Å². The Morgan fingerprint density at radius 3 is 2.65 bits per heavy atom. The van der Waals surface area contributed by atoms with E-state index in [4.69, 9.17) is 0 Å². The quantitative estimate of drug-likeness (QED) is 0.866. The molecule has 1 aliphatic carbocycles. The molecular weight excluding hydrogens is 291 g/mol. The van der Waals surface area contributed by atoms with Crippen LogP contribution in [0, 0.1) is 0 Å². The molecule has 1 aliphatic rings. The highest BCUT2D eigenvalue weighted by Crippen LogP contribution is 2.28. The van der Waals surface area contributed by atoms with Gasteiger partial charge in [-0.3, -0.25) is 9.63 Å². The molecule has 2 rings (SSSR count). The van der Waals surface area contributed by atoms with Crippen molar-refractivity contribution in [2.75, 3.05) is 6.61 Å². The topological polar surface area (TPSA) is 38.3 Å². The molecule has 7 heteroatoms. The van der Waals surface area contributed by atoms with E-state index in [2.05, 4.69) is 4.84 Å². The summed E-state index contributed by atoms with van der Waals surface area (Å²) in [5, 5.41) is 0. The molecular formula is C13H16F3NO2S. The summed E-state index contributed by atoms with van der Waals surface area (Å²) in [6, 6.07) is 1.78. The molecule has 1 aromatic heterocycles. The van der Waals surface area contributed by atoms with Gasteiger partial charge in [-0.05, 0) is 37.3 Å². The van der Waals surface area contributed by atoms with E-state index in [1.54, 1.807) is 6.07 Å². The molecule has 0 spiro atoms. The van der Waals surface area contributed by atoms with Crippen LogP contribution < -0.4 is 5.48 Å². The normalized spacial score (nSPS) is 16.1. The van der Waals surface area contributed by atoms with Crippen molar-refractivity contribution in [2.45, 2.75) is 44.7 Å². The van der Waals surface area contributed by atoms with E-state index in [0.29, 0.717) is 4.88 Å². The maximum Gasteiger partial charge on any atom is 0.414 e. The lowest BCUT2D eigenvalue weighted by Gasteiger charge is -2.07. The van der Waals surface area contributed by atoms with Gasteiger partial charge in [-0.2, -0.15) is 13.2 Å². The zero-order chi connectivity index (χ0) is 14.6. The van der Waals surface area contributed by atoms with Crippen molar-refractivity contribution < 1.29 is 22.8 Å². The van der Waals surface area contributed by atoms with Gasteiger partial charge >= 0.3 is 6.18 Å². The molecule has 1 N–H and O–H groups in total. The SMILES string of the molecule is O=C(NOCC(F)(F)F)c1cc2c(s1)CCCCCC2. The molecule has 0 bridgehead atoms. The van der Waals surface area contributed by atoms with E-state index in [-0.39, 0.29) is 0 Å². The third-order valence-corrected chi connectivity index (χ3v) is 4.36. The Morgan fingerprint density at radius 1 is 1.25 bits per heavy atom. The Balaban J connectivity index is 1.95. The van der Waals surface area contributed by atoms with Gasteiger partial charge in [0.25, 0.3) is 5.91 Å². The Labute approximate surface area is 119 Å². The highest BCUT2D eigenvalue weighted by molar-refractivity contribution is 7.14. The number of amides is 1. The maximum absolute atomic E-state index is 11.9. The summed E-state index contributed by atoms with van der Waals surface area (Å²) in [6.07, 6.45) is 1.99. The van der Waals surface area contributed by atoms with Crippen molar-refractivity contribution >= 4 is 17.2 Å². The summed E-state index contributed by atoms with van der Waals surface area (Å²) in [5.41, 5.74) is 3.00. The van der Waals surface area contributed by atoms with Gasteiger partial charge in [-0.25, -0.2) is 5.48 Å². The first-order valence-corrected chi connectivity index (χ1v) is 7.38. The Kier molecular flexibility index (Phi) is 5.04. The summed E-state index contributed by atoms with van der Waals surface area (Å²) < 4.78 is 35.7. The van der Waals surface area contributed by atoms with Crippen LogP contribution in [-0.2, 0) is 17.7 Å². The number of hydroxylamine groups is 1. The molecule has 0 radical (unpaired) electrons. The monoisotopic (exact) mass is 307 g/mol. The number of carbonyl (C=O) groups is 1. The first-order chi connectivity index (χ1) is 9.46. The fourth-order valence-corrected chi connectivity index (χ4v) is 3.33. The second-order valence-electron chi connectivity index (χ2n) is 4.81. The molecule has 1 aromatic rings. The second kappa shape index (κ2) is 6.58. The summed E-state index contributed by atoms with van der Waals surface area (Å²) in [6.45, 7) is -1.48. The largest absolute Gasteiger partial charge is 0.414 e. The molecule has 0 unspecified atom stereocenters. The minimum Gasteiger partial charge on any atom is -0.266 e. The van der Waals surface area contributed by atoms with Gasteiger partial charge in [-0.1, -0.05) is 12.8 Å². The van der Waals surface area contributed by atoms with E-state index >= 15 is 0 Å². The highest BCUT2D eigenvalue weighted by Gasteiger charge is 2.28. The summed E-state index contributed by atoms with van der Waals surface area (Å²) >= 11 is 1.35. The number of aryl methyl sites for hydroxylation is 2. The van der Waals surface area contributed by atoms with Crippen LogP contribution in [0.4, 0.5) is 13.2 Å². The maximum atomic E-state index is 11.9. The van der Waals surface area contributed by atoms with E-state index in [9.17, 15) is 18.0 Å². The number of alkyl halides is 3. The second-order valence-corrected chi connectivity index (χ2v) is 5.95. The first kappa shape index (κ1) is 15.3. The standard InChI is InChI=1S/C13H16F3NO2S/c14-13(15,16)8-19-17-12(18)11-7-9-5-3-1-2-4-6-10(9)20-11/h7H,1-6,8H2,(H,17,18). The van der Waals surface area contributed by atoms with Crippen LogP contribution in [0.25, 0.3) is 0 Å². The lowest BCUT2D eigenvalue weighted by Crippen LogP contribution is -2.29. The number of carbonyl (C=O) groups excluding carboxylic acids is 1. The Bertz CT molecular complexity index is 445. The molecule has 0 fully saturated rings. The number of hydrogen-bond acceptors (Lipinski definition) is 3. The van der Waals surface area contributed by atoms with Gasteiger partial charge in [0, 0.05) is 4.88 Å². The minimum absolute atomic E-state index is 0.416. The van der Waals surface area contributed by atoms with Crippen molar-refractivity contribution in [3.8, 4) is 0 Å². The number of hydrogen-bond donors (Lipinski definition) is 1. The van der Waals surface area contributed by atoms with E-state index in [0.717, 1.165) is 31.2 Å². The van der Waals surface area contributed by atoms with Crippen LogP contribution in [-0.4, -0.2) is 18.7 Å². The molecule has 3 nitrogen and oxygen atoms in total. The zero-order valence-corrected chi connectivity index (χ0v) is 11.7. The molecule has 0 aromatic carbocycles. The zero-order valence-electron chi connectivity index (χ0n) is 10.9. The molecule has 0 saturated carbocycles. The average Bonchev–Trinajstić information content (AvgIpc) is 2.70. The number of fused-ring (bicyclic) bond motifs is 1.